The number of hydrogen-bond acceptors (Lipinski definition) is 2. The van der Waals surface area contributed by atoms with Crippen molar-refractivity contribution in [3.63, 3.8) is 0 Å². The number of aliphatic carboxylic acids is 1. The van der Waals surface area contributed by atoms with E-state index in [-0.39, 0.29) is 12.2 Å². The molecule has 0 saturated carbocycles. The van der Waals surface area contributed by atoms with Crippen molar-refractivity contribution in [3.05, 3.63) is 53.6 Å². The Morgan fingerprint density at radius 1 is 1.04 bits per heavy atom. The van der Waals surface area contributed by atoms with Crippen molar-refractivity contribution in [2.45, 2.75) is 13.3 Å². The van der Waals surface area contributed by atoms with Gasteiger partial charge in [0.1, 0.15) is 5.75 Å². The van der Waals surface area contributed by atoms with Crippen LogP contribution in [0, 0.1) is 6.92 Å². The fourth-order valence-electron chi connectivity index (χ4n) is 3.20. The van der Waals surface area contributed by atoms with E-state index in [9.17, 15) is 9.90 Å². The second kappa shape index (κ2) is 4.74. The lowest BCUT2D eigenvalue weighted by Gasteiger charge is -2.06. The molecule has 4 heteroatoms. The highest BCUT2D eigenvalue weighted by molar-refractivity contribution is 6.17. The molecule has 0 unspecified atom stereocenters. The first-order valence-corrected chi connectivity index (χ1v) is 7.41. The van der Waals surface area contributed by atoms with Crippen LogP contribution >= 0.6 is 0 Å². The summed E-state index contributed by atoms with van der Waals surface area (Å²) < 4.78 is 0. The molecule has 0 bridgehead atoms. The number of fused-ring (bicyclic) bond motifs is 5. The van der Waals surface area contributed by atoms with Crippen molar-refractivity contribution in [1.82, 2.24) is 4.98 Å². The number of phenolic OH excluding ortho intramolecular Hbond substituents is 1. The number of aryl methyl sites for hydroxylation is 1. The molecule has 114 valence electrons. The van der Waals surface area contributed by atoms with E-state index >= 15 is 0 Å². The number of carboxylic acids is 1. The number of rotatable bonds is 2. The molecule has 23 heavy (non-hydrogen) atoms. The zero-order valence-electron chi connectivity index (χ0n) is 12.6. The molecule has 0 fully saturated rings. The summed E-state index contributed by atoms with van der Waals surface area (Å²) in [4.78, 5) is 14.3. The van der Waals surface area contributed by atoms with Gasteiger partial charge >= 0.3 is 5.97 Å². The number of H-pyrrole nitrogens is 1. The van der Waals surface area contributed by atoms with E-state index in [0.717, 1.165) is 32.6 Å². The molecule has 4 nitrogen and oxygen atoms in total. The summed E-state index contributed by atoms with van der Waals surface area (Å²) in [6.45, 7) is 2.05. The second-order valence-corrected chi connectivity index (χ2v) is 5.93. The SMILES string of the molecule is Cc1ccc2c(c1)[nH]c1c3cc(O)c(CC(=O)O)cc3ccc21. The highest BCUT2D eigenvalue weighted by atomic mass is 16.4. The molecule has 0 radical (unpaired) electrons. The van der Waals surface area contributed by atoms with Gasteiger partial charge in [-0.25, -0.2) is 0 Å². The van der Waals surface area contributed by atoms with E-state index < -0.39 is 5.97 Å². The average Bonchev–Trinajstić information content (AvgIpc) is 2.85. The van der Waals surface area contributed by atoms with Crippen LogP contribution in [0.3, 0.4) is 0 Å². The summed E-state index contributed by atoms with van der Waals surface area (Å²) >= 11 is 0. The summed E-state index contributed by atoms with van der Waals surface area (Å²) in [6, 6.07) is 13.7. The van der Waals surface area contributed by atoms with Crippen LogP contribution in [0.4, 0.5) is 0 Å². The van der Waals surface area contributed by atoms with Crippen molar-refractivity contribution in [1.29, 1.82) is 0 Å². The number of phenols is 1. The number of benzene rings is 3. The van der Waals surface area contributed by atoms with Crippen LogP contribution in [0.2, 0.25) is 0 Å². The maximum Gasteiger partial charge on any atom is 0.307 e. The van der Waals surface area contributed by atoms with Gasteiger partial charge in [-0.15, -0.1) is 0 Å². The third-order valence-electron chi connectivity index (χ3n) is 4.29. The van der Waals surface area contributed by atoms with Crippen LogP contribution in [0.15, 0.2) is 42.5 Å². The molecular weight excluding hydrogens is 290 g/mol. The van der Waals surface area contributed by atoms with Gasteiger partial charge in [0.2, 0.25) is 0 Å². The van der Waals surface area contributed by atoms with Crippen molar-refractivity contribution in [2.24, 2.45) is 0 Å². The van der Waals surface area contributed by atoms with E-state index in [2.05, 4.69) is 23.2 Å². The van der Waals surface area contributed by atoms with E-state index in [4.69, 9.17) is 5.11 Å². The summed E-state index contributed by atoms with van der Waals surface area (Å²) in [5.41, 5.74) is 3.62. The highest BCUT2D eigenvalue weighted by Crippen LogP contribution is 2.34. The Balaban J connectivity index is 2.06. The van der Waals surface area contributed by atoms with Gasteiger partial charge in [-0.05, 0) is 36.1 Å². The van der Waals surface area contributed by atoms with Gasteiger partial charge in [0, 0.05) is 27.2 Å². The van der Waals surface area contributed by atoms with E-state index in [1.165, 1.54) is 5.56 Å². The molecule has 3 aromatic carbocycles. The molecule has 3 N–H and O–H groups in total. The summed E-state index contributed by atoms with van der Waals surface area (Å²) in [7, 11) is 0. The molecular formula is C19H15NO3. The van der Waals surface area contributed by atoms with Crippen LogP contribution in [-0.2, 0) is 11.2 Å². The number of carbonyl (C=O) groups is 1. The molecule has 0 saturated heterocycles. The van der Waals surface area contributed by atoms with Crippen LogP contribution in [-0.4, -0.2) is 21.2 Å². The Hall–Kier alpha value is -3.01. The lowest BCUT2D eigenvalue weighted by molar-refractivity contribution is -0.136. The van der Waals surface area contributed by atoms with Gasteiger partial charge in [-0.1, -0.05) is 24.3 Å². The highest BCUT2D eigenvalue weighted by Gasteiger charge is 2.12. The Kier molecular flexibility index (Phi) is 2.81. The number of aromatic nitrogens is 1. The van der Waals surface area contributed by atoms with Gasteiger partial charge in [-0.3, -0.25) is 4.79 Å². The van der Waals surface area contributed by atoms with Crippen molar-refractivity contribution in [3.8, 4) is 5.75 Å². The van der Waals surface area contributed by atoms with E-state index in [1.54, 1.807) is 12.1 Å². The lowest BCUT2D eigenvalue weighted by atomic mass is 10.0. The van der Waals surface area contributed by atoms with Crippen LogP contribution in [0.1, 0.15) is 11.1 Å². The number of nitrogens with one attached hydrogen (secondary N) is 1. The predicted molar refractivity (Wildman–Crippen MR) is 91.1 cm³/mol. The van der Waals surface area contributed by atoms with E-state index in [0.29, 0.717) is 5.56 Å². The number of aromatic hydroxyl groups is 1. The Morgan fingerprint density at radius 2 is 1.83 bits per heavy atom. The zero-order chi connectivity index (χ0) is 16.1. The maximum absolute atomic E-state index is 10.9. The first-order valence-electron chi connectivity index (χ1n) is 7.41. The van der Waals surface area contributed by atoms with E-state index in [1.807, 2.05) is 19.1 Å². The van der Waals surface area contributed by atoms with Crippen LogP contribution in [0.5, 0.6) is 5.75 Å². The smallest absolute Gasteiger partial charge is 0.307 e. The maximum atomic E-state index is 10.9. The fraction of sp³-hybridized carbons (Fsp3) is 0.105. The minimum Gasteiger partial charge on any atom is -0.508 e. The third-order valence-corrected chi connectivity index (χ3v) is 4.29. The topological polar surface area (TPSA) is 73.3 Å². The Morgan fingerprint density at radius 3 is 2.61 bits per heavy atom. The van der Waals surface area contributed by atoms with Crippen LogP contribution in [0.25, 0.3) is 32.6 Å². The first-order chi connectivity index (χ1) is 11.0. The van der Waals surface area contributed by atoms with Crippen molar-refractivity contribution < 1.29 is 15.0 Å². The molecule has 0 aliphatic rings. The molecule has 0 amide bonds. The Bertz CT molecular complexity index is 1090. The summed E-state index contributed by atoms with van der Waals surface area (Å²) in [5, 5.41) is 23.1. The normalized spacial score (nSPS) is 11.5. The summed E-state index contributed by atoms with van der Waals surface area (Å²) in [5.74, 6) is -0.941. The van der Waals surface area contributed by atoms with Gasteiger partial charge < -0.3 is 15.2 Å². The Labute approximate surface area is 132 Å². The molecule has 4 aromatic rings. The quantitative estimate of drug-likeness (QED) is 0.521. The standard InChI is InChI=1S/C19H15NO3/c1-10-2-4-13-14-5-3-11-7-12(8-18(22)23)17(21)9-15(11)19(14)20-16(13)6-10/h2-7,9,20-21H,8H2,1H3,(H,22,23). The predicted octanol–water partition coefficient (Wildman–Crippen LogP) is 4.12. The molecule has 0 spiro atoms. The largest absolute Gasteiger partial charge is 0.508 e. The zero-order valence-corrected chi connectivity index (χ0v) is 12.6. The summed E-state index contributed by atoms with van der Waals surface area (Å²) in [6.07, 6.45) is -0.189. The molecule has 0 aliphatic carbocycles. The molecule has 0 atom stereocenters. The minimum atomic E-state index is -0.957. The molecule has 4 rings (SSSR count). The van der Waals surface area contributed by atoms with Gasteiger partial charge in [0.05, 0.1) is 11.9 Å². The number of carboxylic acid groups (broad SMARTS) is 1. The van der Waals surface area contributed by atoms with Gasteiger partial charge in [0.15, 0.2) is 0 Å². The lowest BCUT2D eigenvalue weighted by Crippen LogP contribution is -2.00. The molecule has 1 aromatic heterocycles. The van der Waals surface area contributed by atoms with Crippen molar-refractivity contribution in [2.75, 3.05) is 0 Å². The first kappa shape index (κ1) is 13.6. The number of aromatic amines is 1. The molecule has 1 heterocycles. The van der Waals surface area contributed by atoms with Crippen molar-refractivity contribution >= 4 is 38.5 Å². The second-order valence-electron chi connectivity index (χ2n) is 5.93. The number of hydrogen-bond donors (Lipinski definition) is 3. The van der Waals surface area contributed by atoms with Gasteiger partial charge in [0.25, 0.3) is 0 Å². The monoisotopic (exact) mass is 305 g/mol. The fourth-order valence-corrected chi connectivity index (χ4v) is 3.20. The third kappa shape index (κ3) is 2.11. The average molecular weight is 305 g/mol. The van der Waals surface area contributed by atoms with Gasteiger partial charge in [-0.2, -0.15) is 0 Å². The van der Waals surface area contributed by atoms with Crippen LogP contribution < -0.4 is 0 Å². The molecule has 0 aliphatic heterocycles. The minimum absolute atomic E-state index is 0.0160.